The molecule has 0 fully saturated rings. The van der Waals surface area contributed by atoms with Crippen molar-refractivity contribution in [2.75, 3.05) is 16.3 Å². The Kier molecular flexibility index (Phi) is 6.20. The maximum absolute atomic E-state index is 12.7. The van der Waals surface area contributed by atoms with Crippen LogP contribution in [0.3, 0.4) is 0 Å². The third-order valence-electron chi connectivity index (χ3n) is 4.79. The number of hydrogen-bond donors (Lipinski definition) is 2. The molecule has 0 saturated carbocycles. The van der Waals surface area contributed by atoms with Gasteiger partial charge in [0.25, 0.3) is 0 Å². The number of anilines is 2. The van der Waals surface area contributed by atoms with E-state index >= 15 is 0 Å². The predicted octanol–water partition coefficient (Wildman–Crippen LogP) is 3.40. The Labute approximate surface area is 197 Å². The normalized spacial score (nSPS) is 11.4. The third-order valence-corrected chi connectivity index (χ3v) is 5.40. The first-order valence-electron chi connectivity index (χ1n) is 10.4. The smallest absolute Gasteiger partial charge is 0.229 e. The van der Waals surface area contributed by atoms with E-state index in [9.17, 15) is 13.2 Å². The Morgan fingerprint density at radius 1 is 1.03 bits per heavy atom. The van der Waals surface area contributed by atoms with Crippen molar-refractivity contribution in [2.45, 2.75) is 27.2 Å². The molecule has 176 valence electrons. The van der Waals surface area contributed by atoms with Crippen molar-refractivity contribution < 1.29 is 17.6 Å². The molecule has 0 atom stereocenters. The molecule has 1 aromatic carbocycles. The molecular formula is C23H24N6O4S. The first-order valence-corrected chi connectivity index (χ1v) is 12.3. The number of amides is 1. The Morgan fingerprint density at radius 2 is 1.76 bits per heavy atom. The van der Waals surface area contributed by atoms with Gasteiger partial charge in [-0.1, -0.05) is 12.1 Å². The fraction of sp³-hybridized carbons (Fsp3) is 0.217. The van der Waals surface area contributed by atoms with Gasteiger partial charge in [0.1, 0.15) is 11.6 Å². The lowest BCUT2D eigenvalue weighted by Gasteiger charge is -2.10. The molecule has 2 N–H and O–H groups in total. The minimum absolute atomic E-state index is 0.0770. The standard InChI is InChI=1S/C23H24N6O4S/c1-14-11-15(2)29(27-14)21-13-20(25-23(26-21)19-10-5-16(3)33-19)24-22(30)12-17-6-8-18(9-7-17)28-34(4,31)32/h5-11,13,28H,12H2,1-4H3,(H,24,25,26,30). The fourth-order valence-electron chi connectivity index (χ4n) is 3.41. The summed E-state index contributed by atoms with van der Waals surface area (Å²) in [5.74, 6) is 2.03. The number of aromatic nitrogens is 4. The van der Waals surface area contributed by atoms with Crippen LogP contribution < -0.4 is 10.0 Å². The molecule has 0 aliphatic carbocycles. The second-order valence-corrected chi connectivity index (χ2v) is 9.73. The molecule has 0 aliphatic heterocycles. The van der Waals surface area contributed by atoms with Crippen molar-refractivity contribution in [1.82, 2.24) is 19.7 Å². The number of sulfonamides is 1. The zero-order chi connectivity index (χ0) is 24.5. The molecule has 10 nitrogen and oxygen atoms in total. The van der Waals surface area contributed by atoms with Gasteiger partial charge in [-0.05, 0) is 56.7 Å². The number of rotatable bonds is 7. The van der Waals surface area contributed by atoms with E-state index in [0.717, 1.165) is 23.4 Å². The molecular weight excluding hydrogens is 456 g/mol. The summed E-state index contributed by atoms with van der Waals surface area (Å²) in [5, 5.41) is 7.29. The van der Waals surface area contributed by atoms with Crippen molar-refractivity contribution in [1.29, 1.82) is 0 Å². The van der Waals surface area contributed by atoms with E-state index in [1.54, 1.807) is 41.1 Å². The molecule has 3 heterocycles. The monoisotopic (exact) mass is 480 g/mol. The van der Waals surface area contributed by atoms with Gasteiger partial charge >= 0.3 is 0 Å². The summed E-state index contributed by atoms with van der Waals surface area (Å²) in [4.78, 5) is 21.8. The molecule has 0 radical (unpaired) electrons. The fourth-order valence-corrected chi connectivity index (χ4v) is 3.97. The van der Waals surface area contributed by atoms with E-state index in [-0.39, 0.29) is 12.3 Å². The molecule has 4 rings (SSSR count). The molecule has 0 unspecified atom stereocenters. The average molecular weight is 481 g/mol. The first kappa shape index (κ1) is 23.2. The van der Waals surface area contributed by atoms with E-state index in [1.807, 2.05) is 32.9 Å². The van der Waals surface area contributed by atoms with Crippen LogP contribution in [0.4, 0.5) is 11.5 Å². The zero-order valence-electron chi connectivity index (χ0n) is 19.2. The van der Waals surface area contributed by atoms with Crippen LogP contribution in [0.1, 0.15) is 22.7 Å². The SMILES string of the molecule is Cc1cc(C)n(-c2cc(NC(=O)Cc3ccc(NS(C)(=O)=O)cc3)nc(-c3ccc(C)o3)n2)n1. The maximum atomic E-state index is 12.7. The average Bonchev–Trinajstić information content (AvgIpc) is 3.32. The van der Waals surface area contributed by atoms with Crippen LogP contribution in [-0.2, 0) is 21.2 Å². The van der Waals surface area contributed by atoms with E-state index in [4.69, 9.17) is 4.42 Å². The summed E-state index contributed by atoms with van der Waals surface area (Å²) in [7, 11) is -3.37. The van der Waals surface area contributed by atoms with E-state index < -0.39 is 10.0 Å². The van der Waals surface area contributed by atoms with Crippen LogP contribution in [0.2, 0.25) is 0 Å². The van der Waals surface area contributed by atoms with Gasteiger partial charge in [-0.25, -0.2) is 23.1 Å². The summed E-state index contributed by atoms with van der Waals surface area (Å²) >= 11 is 0. The molecule has 0 aliphatic rings. The molecule has 0 saturated heterocycles. The van der Waals surface area contributed by atoms with Gasteiger partial charge in [0, 0.05) is 17.4 Å². The summed E-state index contributed by atoms with van der Waals surface area (Å²) < 4.78 is 32.5. The van der Waals surface area contributed by atoms with Gasteiger partial charge < -0.3 is 9.73 Å². The molecule has 1 amide bonds. The van der Waals surface area contributed by atoms with Gasteiger partial charge in [0.15, 0.2) is 17.4 Å². The minimum Gasteiger partial charge on any atom is -0.458 e. The minimum atomic E-state index is -3.37. The number of aryl methyl sites for hydroxylation is 3. The Bertz CT molecular complexity index is 1460. The van der Waals surface area contributed by atoms with Crippen molar-refractivity contribution in [3.8, 4) is 17.4 Å². The number of hydrogen-bond acceptors (Lipinski definition) is 7. The Hall–Kier alpha value is -3.99. The van der Waals surface area contributed by atoms with Gasteiger partial charge in [-0.3, -0.25) is 9.52 Å². The molecule has 0 bridgehead atoms. The van der Waals surface area contributed by atoms with Gasteiger partial charge in [0.05, 0.1) is 18.4 Å². The number of benzene rings is 1. The van der Waals surface area contributed by atoms with Gasteiger partial charge in [-0.2, -0.15) is 5.10 Å². The van der Waals surface area contributed by atoms with Crippen LogP contribution in [0, 0.1) is 20.8 Å². The number of nitrogens with one attached hydrogen (secondary N) is 2. The van der Waals surface area contributed by atoms with E-state index in [0.29, 0.717) is 34.5 Å². The van der Waals surface area contributed by atoms with Crippen LogP contribution >= 0.6 is 0 Å². The molecule has 0 spiro atoms. The summed E-state index contributed by atoms with van der Waals surface area (Å²) in [5.41, 5.74) is 2.87. The summed E-state index contributed by atoms with van der Waals surface area (Å²) in [6.45, 7) is 5.63. The first-order chi connectivity index (χ1) is 16.1. The molecule has 4 aromatic rings. The number of nitrogens with zero attached hydrogens (tertiary/aromatic N) is 4. The summed E-state index contributed by atoms with van der Waals surface area (Å²) in [6.07, 6.45) is 1.16. The largest absolute Gasteiger partial charge is 0.458 e. The maximum Gasteiger partial charge on any atom is 0.229 e. The number of carbonyl (C=O) groups is 1. The van der Waals surface area contributed by atoms with Crippen molar-refractivity contribution in [3.05, 3.63) is 71.2 Å². The Balaban J connectivity index is 1.58. The summed E-state index contributed by atoms with van der Waals surface area (Å²) in [6, 6.07) is 13.7. The van der Waals surface area contributed by atoms with Gasteiger partial charge in [0.2, 0.25) is 15.9 Å². The molecule has 11 heteroatoms. The van der Waals surface area contributed by atoms with Crippen molar-refractivity contribution in [3.63, 3.8) is 0 Å². The van der Waals surface area contributed by atoms with Crippen LogP contribution in [0.25, 0.3) is 17.4 Å². The second kappa shape index (κ2) is 9.10. The lowest BCUT2D eigenvalue weighted by atomic mass is 10.1. The van der Waals surface area contributed by atoms with Crippen LogP contribution in [-0.4, -0.2) is 40.3 Å². The van der Waals surface area contributed by atoms with Crippen molar-refractivity contribution in [2.24, 2.45) is 0 Å². The zero-order valence-corrected chi connectivity index (χ0v) is 20.0. The molecule has 34 heavy (non-hydrogen) atoms. The lowest BCUT2D eigenvalue weighted by molar-refractivity contribution is -0.115. The highest BCUT2D eigenvalue weighted by molar-refractivity contribution is 7.92. The lowest BCUT2D eigenvalue weighted by Crippen LogP contribution is -2.17. The number of carbonyl (C=O) groups excluding carboxylic acids is 1. The van der Waals surface area contributed by atoms with Crippen LogP contribution in [0.15, 0.2) is 52.9 Å². The van der Waals surface area contributed by atoms with E-state index in [1.165, 1.54) is 0 Å². The second-order valence-electron chi connectivity index (χ2n) is 7.98. The van der Waals surface area contributed by atoms with Gasteiger partial charge in [-0.15, -0.1) is 0 Å². The Morgan fingerprint density at radius 3 is 2.35 bits per heavy atom. The number of furan rings is 1. The van der Waals surface area contributed by atoms with E-state index in [2.05, 4.69) is 25.1 Å². The quantitative estimate of drug-likeness (QED) is 0.414. The topological polar surface area (TPSA) is 132 Å². The third kappa shape index (κ3) is 5.67. The predicted molar refractivity (Wildman–Crippen MR) is 128 cm³/mol. The van der Waals surface area contributed by atoms with Crippen molar-refractivity contribution >= 4 is 27.4 Å². The molecule has 3 aromatic heterocycles. The highest BCUT2D eigenvalue weighted by atomic mass is 32.2. The highest BCUT2D eigenvalue weighted by Crippen LogP contribution is 2.23. The highest BCUT2D eigenvalue weighted by Gasteiger charge is 2.15. The van der Waals surface area contributed by atoms with Crippen LogP contribution in [0.5, 0.6) is 0 Å².